The van der Waals surface area contributed by atoms with E-state index >= 15 is 0 Å². The van der Waals surface area contributed by atoms with Gasteiger partial charge < -0.3 is 4.98 Å². The molecule has 1 N–H and O–H groups in total. The van der Waals surface area contributed by atoms with Gasteiger partial charge in [-0.2, -0.15) is 10.4 Å². The van der Waals surface area contributed by atoms with Gasteiger partial charge in [-0.05, 0) is 32.6 Å². The molecule has 11 heteroatoms. The van der Waals surface area contributed by atoms with Crippen LogP contribution in [-0.4, -0.2) is 39.7 Å². The van der Waals surface area contributed by atoms with Gasteiger partial charge in [0.05, 0.1) is 18.4 Å². The van der Waals surface area contributed by atoms with Crippen molar-refractivity contribution in [1.29, 1.82) is 5.26 Å². The van der Waals surface area contributed by atoms with Crippen molar-refractivity contribution in [3.8, 4) is 6.07 Å². The molecular weight excluding hydrogens is 437 g/mol. The van der Waals surface area contributed by atoms with E-state index in [-0.39, 0.29) is 29.0 Å². The van der Waals surface area contributed by atoms with Crippen LogP contribution in [-0.2, 0) is 0 Å². The molecule has 170 valence electrons. The molecule has 6 rings (SSSR count). The molecule has 0 bridgehead atoms. The summed E-state index contributed by atoms with van der Waals surface area (Å²) in [6.45, 7) is 1.91. The third-order valence-corrected chi connectivity index (χ3v) is 6.77. The largest absolute Gasteiger partial charge is 0.310 e. The van der Waals surface area contributed by atoms with Gasteiger partial charge in [0, 0.05) is 35.7 Å². The van der Waals surface area contributed by atoms with Crippen molar-refractivity contribution < 1.29 is 4.39 Å². The number of aromatic amines is 1. The van der Waals surface area contributed by atoms with Crippen LogP contribution in [0.2, 0.25) is 0 Å². The highest BCUT2D eigenvalue weighted by Crippen LogP contribution is 2.46. The van der Waals surface area contributed by atoms with E-state index in [1.807, 2.05) is 13.0 Å². The lowest BCUT2D eigenvalue weighted by atomic mass is 9.72. The van der Waals surface area contributed by atoms with Gasteiger partial charge in [0.1, 0.15) is 28.9 Å². The Morgan fingerprint density at radius 3 is 2.35 bits per heavy atom. The molecule has 4 heterocycles. The molecule has 0 spiro atoms. The van der Waals surface area contributed by atoms with Crippen LogP contribution in [0.5, 0.6) is 0 Å². The van der Waals surface area contributed by atoms with Crippen LogP contribution in [0, 0.1) is 17.1 Å². The lowest BCUT2D eigenvalue weighted by Crippen LogP contribution is -2.28. The molecule has 2 aliphatic carbocycles. The van der Waals surface area contributed by atoms with E-state index in [2.05, 4.69) is 30.0 Å². The molecule has 0 unspecified atom stereocenters. The Balaban J connectivity index is 1.40. The SMILES string of the molecule is C[C@H](c1cnc(C2CC2)nc1)n1nc(C#N)c2c(=O)[nH]c([C@@H]3CC[C@H]3c3ncc(F)cn3)nc21. The highest BCUT2D eigenvalue weighted by molar-refractivity contribution is 5.80. The van der Waals surface area contributed by atoms with Gasteiger partial charge in [-0.25, -0.2) is 34.0 Å². The Bertz CT molecular complexity index is 1480. The van der Waals surface area contributed by atoms with Crippen molar-refractivity contribution in [2.75, 3.05) is 0 Å². The second-order valence-electron chi connectivity index (χ2n) is 8.93. The molecule has 10 nitrogen and oxygen atoms in total. The highest BCUT2D eigenvalue weighted by Gasteiger charge is 2.38. The highest BCUT2D eigenvalue weighted by atomic mass is 19.1. The number of aromatic nitrogens is 8. The Hall–Kier alpha value is -4.07. The van der Waals surface area contributed by atoms with Crippen LogP contribution < -0.4 is 5.56 Å². The van der Waals surface area contributed by atoms with Gasteiger partial charge in [-0.3, -0.25) is 4.79 Å². The Morgan fingerprint density at radius 1 is 1.06 bits per heavy atom. The molecule has 2 fully saturated rings. The standard InChI is InChI=1S/C23H20FN9O/c1-11(13-7-26-19(27-8-13)12-2-3-12)33-22-18(17(6-25)32-33)23(34)31-21(30-22)16-5-4-15(16)20-28-9-14(24)10-29-20/h7-12,15-16H,2-5H2,1H3,(H,30,31,34)/t11-,15-,16-/m1/s1. The first-order valence-electron chi connectivity index (χ1n) is 11.2. The number of nitrogens with one attached hydrogen (secondary N) is 1. The molecule has 34 heavy (non-hydrogen) atoms. The summed E-state index contributed by atoms with van der Waals surface area (Å²) in [6, 6.07) is 1.67. The molecular formula is C23H20FN9O. The number of nitrogens with zero attached hydrogens (tertiary/aromatic N) is 8. The summed E-state index contributed by atoms with van der Waals surface area (Å²) in [6.07, 6.45) is 9.65. The van der Waals surface area contributed by atoms with Crippen molar-refractivity contribution in [3.63, 3.8) is 0 Å². The summed E-state index contributed by atoms with van der Waals surface area (Å²) in [5.74, 6) is 1.61. The Morgan fingerprint density at radius 2 is 1.74 bits per heavy atom. The molecule has 4 aromatic rings. The first kappa shape index (κ1) is 20.5. The maximum absolute atomic E-state index is 13.3. The van der Waals surface area contributed by atoms with Crippen LogP contribution in [0.3, 0.4) is 0 Å². The number of nitriles is 1. The lowest BCUT2D eigenvalue weighted by Gasteiger charge is -2.34. The first-order chi connectivity index (χ1) is 16.5. The lowest BCUT2D eigenvalue weighted by molar-refractivity contribution is 0.318. The summed E-state index contributed by atoms with van der Waals surface area (Å²) in [5, 5.41) is 14.2. The van der Waals surface area contributed by atoms with Gasteiger partial charge in [-0.15, -0.1) is 0 Å². The molecule has 0 saturated heterocycles. The smallest absolute Gasteiger partial charge is 0.263 e. The summed E-state index contributed by atoms with van der Waals surface area (Å²) in [5.41, 5.74) is 0.744. The average molecular weight is 457 g/mol. The van der Waals surface area contributed by atoms with Crippen LogP contribution in [0.1, 0.15) is 85.1 Å². The zero-order chi connectivity index (χ0) is 23.4. The van der Waals surface area contributed by atoms with E-state index in [1.54, 1.807) is 17.1 Å². The number of hydrogen-bond acceptors (Lipinski definition) is 8. The average Bonchev–Trinajstić information content (AvgIpc) is 3.60. The minimum absolute atomic E-state index is 0.0182. The predicted molar refractivity (Wildman–Crippen MR) is 117 cm³/mol. The minimum atomic E-state index is -0.497. The fraction of sp³-hybridized carbons (Fsp3) is 0.391. The maximum Gasteiger partial charge on any atom is 0.263 e. The van der Waals surface area contributed by atoms with Crippen molar-refractivity contribution >= 4 is 11.0 Å². The van der Waals surface area contributed by atoms with E-state index in [0.717, 1.165) is 49.5 Å². The first-order valence-corrected chi connectivity index (χ1v) is 11.2. The predicted octanol–water partition coefficient (Wildman–Crippen LogP) is 2.86. The van der Waals surface area contributed by atoms with E-state index in [4.69, 9.17) is 4.98 Å². The number of hydrogen-bond donors (Lipinski definition) is 1. The molecule has 2 saturated carbocycles. The number of rotatable bonds is 5. The van der Waals surface area contributed by atoms with Gasteiger partial charge >= 0.3 is 0 Å². The van der Waals surface area contributed by atoms with Crippen molar-refractivity contribution in [2.24, 2.45) is 0 Å². The van der Waals surface area contributed by atoms with Crippen molar-refractivity contribution in [3.05, 3.63) is 69.7 Å². The van der Waals surface area contributed by atoms with E-state index in [0.29, 0.717) is 23.2 Å². The second kappa shape index (κ2) is 7.76. The minimum Gasteiger partial charge on any atom is -0.310 e. The third kappa shape index (κ3) is 3.34. The number of H-pyrrole nitrogens is 1. The molecule has 0 aliphatic heterocycles. The van der Waals surface area contributed by atoms with Gasteiger partial charge in [0.25, 0.3) is 5.56 Å². The van der Waals surface area contributed by atoms with Gasteiger partial charge in [0.15, 0.2) is 17.2 Å². The van der Waals surface area contributed by atoms with Crippen molar-refractivity contribution in [1.82, 2.24) is 39.7 Å². The quantitative estimate of drug-likeness (QED) is 0.483. The Kier molecular flexibility index (Phi) is 4.69. The van der Waals surface area contributed by atoms with Gasteiger partial charge in [0.2, 0.25) is 0 Å². The van der Waals surface area contributed by atoms with Crippen LogP contribution in [0.15, 0.2) is 29.6 Å². The molecule has 2 aliphatic rings. The zero-order valence-corrected chi connectivity index (χ0v) is 18.3. The fourth-order valence-electron chi connectivity index (χ4n) is 4.49. The maximum atomic E-state index is 13.3. The normalized spacial score (nSPS) is 20.6. The molecule has 0 amide bonds. The fourth-order valence-corrected chi connectivity index (χ4v) is 4.49. The van der Waals surface area contributed by atoms with Gasteiger partial charge in [-0.1, -0.05) is 0 Å². The monoisotopic (exact) mass is 457 g/mol. The summed E-state index contributed by atoms with van der Waals surface area (Å²) in [7, 11) is 0. The summed E-state index contributed by atoms with van der Waals surface area (Å²) in [4.78, 5) is 37.8. The van der Waals surface area contributed by atoms with E-state index in [9.17, 15) is 14.4 Å². The number of fused-ring (bicyclic) bond motifs is 1. The zero-order valence-electron chi connectivity index (χ0n) is 18.3. The number of halogens is 1. The van der Waals surface area contributed by atoms with Crippen LogP contribution >= 0.6 is 0 Å². The molecule has 4 aromatic heterocycles. The summed E-state index contributed by atoms with van der Waals surface area (Å²) >= 11 is 0. The van der Waals surface area contributed by atoms with Crippen molar-refractivity contribution in [2.45, 2.75) is 56.4 Å². The second-order valence-corrected chi connectivity index (χ2v) is 8.93. The molecule has 0 aromatic carbocycles. The molecule has 3 atom stereocenters. The molecule has 0 radical (unpaired) electrons. The Labute approximate surface area is 193 Å². The van der Waals surface area contributed by atoms with Crippen LogP contribution in [0.25, 0.3) is 11.0 Å². The van der Waals surface area contributed by atoms with E-state index in [1.165, 1.54) is 0 Å². The van der Waals surface area contributed by atoms with E-state index < -0.39 is 11.4 Å². The van der Waals surface area contributed by atoms with Crippen LogP contribution in [0.4, 0.5) is 4.39 Å². The third-order valence-electron chi connectivity index (χ3n) is 6.77. The topological polar surface area (TPSA) is 139 Å². The summed E-state index contributed by atoms with van der Waals surface area (Å²) < 4.78 is 14.8.